The zero-order chi connectivity index (χ0) is 38.2. The van der Waals surface area contributed by atoms with Crippen molar-refractivity contribution >= 4 is 50.6 Å². The number of rotatable bonds is 14. The number of phenolic OH excluding ortho intramolecular Hbond substituents is 1. The molecule has 0 radical (unpaired) electrons. The van der Waals surface area contributed by atoms with Gasteiger partial charge in [-0.1, -0.05) is 29.5 Å². The monoisotopic (exact) mass is 782 g/mol. The second-order valence-corrected chi connectivity index (χ2v) is 17.1. The lowest BCUT2D eigenvalue weighted by molar-refractivity contribution is -0.181. The van der Waals surface area contributed by atoms with Crippen molar-refractivity contribution in [3.8, 4) is 5.75 Å². The predicted molar refractivity (Wildman–Crippen MR) is 213 cm³/mol. The number of carbonyl (C=O) groups excluding carboxylic acids is 1. The number of aromatic hydroxyl groups is 1. The molecule has 5 N–H and O–H groups in total. The molecule has 2 aromatic carbocycles. The second-order valence-electron chi connectivity index (χ2n) is 15.2. The number of nitrogens with zero attached hydrogens (tertiary/aromatic N) is 4. The van der Waals surface area contributed by atoms with Crippen molar-refractivity contribution in [1.29, 1.82) is 0 Å². The Morgan fingerprint density at radius 1 is 1.09 bits per heavy atom. The molecule has 12 nitrogen and oxygen atoms in total. The maximum atomic E-state index is 13.4. The number of hydrogen-bond donors (Lipinski definition) is 5. The number of esters is 1. The molecular weight excluding hydrogens is 737 g/mol. The highest BCUT2D eigenvalue weighted by Gasteiger charge is 2.51. The fourth-order valence-corrected chi connectivity index (χ4v) is 10.3. The van der Waals surface area contributed by atoms with Gasteiger partial charge in [0.25, 0.3) is 0 Å². The number of fused-ring (bicyclic) bond motifs is 2. The molecule has 0 unspecified atom stereocenters. The summed E-state index contributed by atoms with van der Waals surface area (Å²) in [4.78, 5) is 31.4. The van der Waals surface area contributed by atoms with E-state index in [0.29, 0.717) is 38.8 Å². The Kier molecular flexibility index (Phi) is 10.6. The lowest BCUT2D eigenvalue weighted by Crippen LogP contribution is -2.50. The van der Waals surface area contributed by atoms with E-state index in [1.54, 1.807) is 24.3 Å². The van der Waals surface area contributed by atoms with Crippen molar-refractivity contribution in [2.24, 2.45) is 5.41 Å². The molecule has 4 aromatic heterocycles. The van der Waals surface area contributed by atoms with Crippen LogP contribution in [-0.2, 0) is 28.2 Å². The normalized spacial score (nSPS) is 20.7. The first kappa shape index (κ1) is 37.5. The highest BCUT2D eigenvalue weighted by Crippen LogP contribution is 2.54. The van der Waals surface area contributed by atoms with Gasteiger partial charge >= 0.3 is 5.97 Å². The first-order valence-corrected chi connectivity index (χ1v) is 20.7. The summed E-state index contributed by atoms with van der Waals surface area (Å²) in [5, 5.41) is 49.1. The molecule has 0 saturated heterocycles. The summed E-state index contributed by atoms with van der Waals surface area (Å²) in [5.74, 6) is -0.608. The van der Waals surface area contributed by atoms with Crippen LogP contribution >= 0.6 is 22.7 Å². The number of aromatic amines is 1. The zero-order valence-electron chi connectivity index (χ0n) is 30.7. The van der Waals surface area contributed by atoms with Gasteiger partial charge in [0, 0.05) is 37.1 Å². The number of aliphatic hydroxyl groups is 2. The Morgan fingerprint density at radius 2 is 1.84 bits per heavy atom. The molecule has 1 atom stereocenters. The number of phenols is 1. The molecule has 288 valence electrons. The summed E-state index contributed by atoms with van der Waals surface area (Å²) >= 11 is 2.73. The minimum atomic E-state index is -1.75. The molecule has 2 saturated carbocycles. The topological polar surface area (TPSA) is 166 Å². The average molecular weight is 783 g/mol. The number of ether oxygens (including phenoxy) is 1. The minimum absolute atomic E-state index is 0.0366. The summed E-state index contributed by atoms with van der Waals surface area (Å²) in [6.07, 6.45) is 6.17. The third kappa shape index (κ3) is 7.59. The van der Waals surface area contributed by atoms with Gasteiger partial charge < -0.3 is 35.3 Å². The van der Waals surface area contributed by atoms with Gasteiger partial charge in [-0.05, 0) is 122 Å². The molecule has 0 bridgehead atoms. The van der Waals surface area contributed by atoms with Gasteiger partial charge in [0.15, 0.2) is 0 Å². The number of benzene rings is 2. The van der Waals surface area contributed by atoms with Crippen molar-refractivity contribution in [3.05, 3.63) is 109 Å². The molecule has 4 heterocycles. The Bertz CT molecular complexity index is 2270. The predicted octanol–water partition coefficient (Wildman–Crippen LogP) is 5.82. The van der Waals surface area contributed by atoms with Crippen LogP contribution in [0.15, 0.2) is 82.3 Å². The van der Waals surface area contributed by atoms with Crippen molar-refractivity contribution in [2.45, 2.75) is 81.9 Å². The maximum Gasteiger partial charge on any atom is 0.349 e. The number of aromatic nitrogens is 4. The highest BCUT2D eigenvalue weighted by molar-refractivity contribution is 7.12. The Balaban J connectivity index is 0.771. The number of pyridine rings is 1. The number of hydrogen-bond acceptors (Lipinski definition) is 12. The van der Waals surface area contributed by atoms with Crippen LogP contribution in [0.25, 0.3) is 21.9 Å². The third-order valence-corrected chi connectivity index (χ3v) is 13.6. The van der Waals surface area contributed by atoms with E-state index in [1.165, 1.54) is 34.8 Å². The largest absolute Gasteiger partial charge is 0.506 e. The van der Waals surface area contributed by atoms with Crippen LogP contribution in [-0.4, -0.2) is 78.4 Å². The van der Waals surface area contributed by atoms with E-state index >= 15 is 0 Å². The molecule has 55 heavy (non-hydrogen) atoms. The van der Waals surface area contributed by atoms with Gasteiger partial charge in [-0.3, -0.25) is 4.79 Å². The second kappa shape index (κ2) is 15.6. The smallest absolute Gasteiger partial charge is 0.349 e. The molecular formula is C41H46N6O6S2. The number of carbonyl (C=O) groups is 1. The Hall–Kier alpha value is -4.44. The Morgan fingerprint density at radius 3 is 2.55 bits per heavy atom. The van der Waals surface area contributed by atoms with Crippen LogP contribution < -0.4 is 10.9 Å². The molecule has 6 aromatic rings. The van der Waals surface area contributed by atoms with Gasteiger partial charge in [-0.2, -0.15) is 0 Å². The van der Waals surface area contributed by atoms with E-state index in [9.17, 15) is 24.9 Å². The van der Waals surface area contributed by atoms with Crippen molar-refractivity contribution in [3.63, 3.8) is 0 Å². The summed E-state index contributed by atoms with van der Waals surface area (Å²) in [7, 11) is 2.21. The molecule has 1 spiro atoms. The van der Waals surface area contributed by atoms with E-state index in [-0.39, 0.29) is 29.4 Å². The number of nitrogens with one attached hydrogen (secondary N) is 2. The van der Waals surface area contributed by atoms with E-state index in [1.807, 2.05) is 45.8 Å². The standard InChI is InChI=1S/C41H46N6O6S2/c1-46(27-13-15-40(16-14-27)22-28(23-40)53-39(51)41(52,35-5-2-19-54-35)36-6-3-20-55-36)17-4-18-47-32-10-7-26(21-31(32)44-45-47)24-42-25-34(49)29-8-11-33(48)38-30(29)9-12-37(50)43-38/h2-3,5-12,19-21,27-28,34,42,48-49,52H,4,13-18,22-25H2,1H3,(H,43,50)/t27?,28?,34-,40?/m0/s1. The van der Waals surface area contributed by atoms with Gasteiger partial charge in [-0.25, -0.2) is 9.48 Å². The fraction of sp³-hybridized carbons (Fsp3) is 0.415. The van der Waals surface area contributed by atoms with E-state index in [2.05, 4.69) is 32.6 Å². The maximum absolute atomic E-state index is 13.4. The van der Waals surface area contributed by atoms with Crippen LogP contribution in [0.3, 0.4) is 0 Å². The number of H-pyrrole nitrogens is 1. The SMILES string of the molecule is CN(CCCn1nnc2cc(CNC[C@H](O)c3ccc(O)c4[nH]c(=O)ccc34)ccc21)C1CCC2(CC1)CC(OC(=O)C(O)(c1cccs1)c1cccs1)C2. The van der Waals surface area contributed by atoms with E-state index < -0.39 is 17.7 Å². The first-order chi connectivity index (χ1) is 26.6. The number of aryl methyl sites for hydroxylation is 1. The molecule has 0 amide bonds. The van der Waals surface area contributed by atoms with Crippen LogP contribution in [0.5, 0.6) is 5.75 Å². The van der Waals surface area contributed by atoms with Crippen LogP contribution in [0, 0.1) is 5.41 Å². The van der Waals surface area contributed by atoms with Gasteiger partial charge in [0.1, 0.15) is 17.4 Å². The molecule has 14 heteroatoms. The molecule has 2 fully saturated rings. The highest BCUT2D eigenvalue weighted by atomic mass is 32.1. The van der Waals surface area contributed by atoms with Crippen LogP contribution in [0.2, 0.25) is 0 Å². The van der Waals surface area contributed by atoms with Crippen molar-refractivity contribution in [1.82, 2.24) is 30.2 Å². The average Bonchev–Trinajstić information content (AvgIpc) is 3.98. The minimum Gasteiger partial charge on any atom is -0.506 e. The zero-order valence-corrected chi connectivity index (χ0v) is 32.3. The fourth-order valence-electron chi connectivity index (χ4n) is 8.54. The first-order valence-electron chi connectivity index (χ1n) is 18.9. The summed E-state index contributed by atoms with van der Waals surface area (Å²) in [5.41, 5.74) is 1.93. The summed E-state index contributed by atoms with van der Waals surface area (Å²) in [6.45, 7) is 2.54. The lowest BCUT2D eigenvalue weighted by Gasteiger charge is -2.52. The third-order valence-electron chi connectivity index (χ3n) is 11.7. The number of aliphatic hydroxyl groups excluding tert-OH is 1. The van der Waals surface area contributed by atoms with Gasteiger partial charge in [-0.15, -0.1) is 27.8 Å². The quantitative estimate of drug-likeness (QED) is 0.0851. The van der Waals surface area contributed by atoms with Gasteiger partial charge in [0.2, 0.25) is 11.2 Å². The van der Waals surface area contributed by atoms with E-state index in [0.717, 1.165) is 74.6 Å². The van der Waals surface area contributed by atoms with Crippen molar-refractivity contribution in [2.75, 3.05) is 20.1 Å². The molecule has 2 aliphatic rings. The lowest BCUT2D eigenvalue weighted by atomic mass is 9.58. The summed E-state index contributed by atoms with van der Waals surface area (Å²) in [6, 6.07) is 20.1. The van der Waals surface area contributed by atoms with Crippen LogP contribution in [0.4, 0.5) is 0 Å². The summed E-state index contributed by atoms with van der Waals surface area (Å²) < 4.78 is 7.92. The van der Waals surface area contributed by atoms with Crippen LogP contribution in [0.1, 0.15) is 71.9 Å². The molecule has 0 aliphatic heterocycles. The van der Waals surface area contributed by atoms with Gasteiger partial charge in [0.05, 0.1) is 26.9 Å². The van der Waals surface area contributed by atoms with Crippen molar-refractivity contribution < 1.29 is 24.9 Å². The molecule has 8 rings (SSSR count). The molecule has 2 aliphatic carbocycles. The van der Waals surface area contributed by atoms with E-state index in [4.69, 9.17) is 4.74 Å². The Labute approximate surface area is 326 Å². The number of thiophene rings is 2.